The molecule has 0 heterocycles. The van der Waals surface area contributed by atoms with Crippen molar-refractivity contribution in [3.63, 3.8) is 0 Å². The molecule has 4 atom stereocenters. The maximum absolute atomic E-state index is 12.5. The van der Waals surface area contributed by atoms with E-state index in [1.165, 1.54) is 6.42 Å². The van der Waals surface area contributed by atoms with E-state index in [9.17, 15) is 9.59 Å². The molecule has 3 aliphatic carbocycles. The van der Waals surface area contributed by atoms with E-state index < -0.39 is 5.91 Å². The van der Waals surface area contributed by atoms with Gasteiger partial charge in [0, 0.05) is 0 Å². The molecule has 0 saturated heterocycles. The van der Waals surface area contributed by atoms with Crippen molar-refractivity contribution in [1.29, 1.82) is 0 Å². The van der Waals surface area contributed by atoms with Crippen LogP contribution in [-0.2, 0) is 9.53 Å². The Hall–Kier alpha value is -2.04. The highest BCUT2D eigenvalue weighted by atomic mass is 16.5. The number of hydrogen-bond donors (Lipinski definition) is 1. The molecular formula is C19H25NO4. The number of carbonyl (C=O) groups is 2. The molecule has 5 nitrogen and oxygen atoms in total. The molecule has 0 aromatic heterocycles. The van der Waals surface area contributed by atoms with E-state index >= 15 is 0 Å². The molecule has 24 heavy (non-hydrogen) atoms. The molecule has 4 rings (SSSR count). The third-order valence-corrected chi connectivity index (χ3v) is 5.99. The Labute approximate surface area is 142 Å². The van der Waals surface area contributed by atoms with Crippen LogP contribution in [0.5, 0.6) is 5.75 Å². The summed E-state index contributed by atoms with van der Waals surface area (Å²) in [5.41, 5.74) is 5.86. The Morgan fingerprint density at radius 3 is 2.67 bits per heavy atom. The average Bonchev–Trinajstić information content (AvgIpc) is 2.54. The zero-order valence-electron chi connectivity index (χ0n) is 14.5. The lowest BCUT2D eigenvalue weighted by atomic mass is 9.45. The number of hydrogen-bond acceptors (Lipinski definition) is 4. The summed E-state index contributed by atoms with van der Waals surface area (Å²) in [6, 6.07) is 6.67. The Morgan fingerprint density at radius 1 is 1.29 bits per heavy atom. The second-order valence-corrected chi connectivity index (χ2v) is 7.68. The number of rotatable bonds is 5. The van der Waals surface area contributed by atoms with E-state index in [2.05, 4.69) is 20.8 Å². The van der Waals surface area contributed by atoms with Crippen molar-refractivity contribution in [3.05, 3.63) is 29.8 Å². The largest absolute Gasteiger partial charge is 0.484 e. The fraction of sp³-hybridized carbons (Fsp3) is 0.579. The zero-order valence-corrected chi connectivity index (χ0v) is 14.5. The van der Waals surface area contributed by atoms with Crippen LogP contribution in [0.15, 0.2) is 24.3 Å². The minimum Gasteiger partial charge on any atom is -0.484 e. The lowest BCUT2D eigenvalue weighted by Crippen LogP contribution is -2.57. The molecule has 5 heteroatoms. The molecule has 130 valence electrons. The second-order valence-electron chi connectivity index (χ2n) is 7.68. The summed E-state index contributed by atoms with van der Waals surface area (Å²) < 4.78 is 11.0. The summed E-state index contributed by atoms with van der Waals surface area (Å²) in [5.74, 6) is 1.18. The monoisotopic (exact) mass is 331 g/mol. The van der Waals surface area contributed by atoms with Gasteiger partial charge in [-0.25, -0.2) is 4.79 Å². The molecule has 1 amide bonds. The maximum atomic E-state index is 12.5. The highest BCUT2D eigenvalue weighted by Crippen LogP contribution is 2.61. The highest BCUT2D eigenvalue weighted by Gasteiger charge is 2.57. The minimum absolute atomic E-state index is 0.0236. The number of esters is 1. The van der Waals surface area contributed by atoms with E-state index in [4.69, 9.17) is 15.2 Å². The molecule has 2 bridgehead atoms. The fourth-order valence-corrected chi connectivity index (χ4v) is 4.33. The van der Waals surface area contributed by atoms with Gasteiger partial charge in [-0.3, -0.25) is 4.79 Å². The van der Waals surface area contributed by atoms with Gasteiger partial charge in [-0.1, -0.05) is 26.8 Å². The molecule has 3 aliphatic rings. The van der Waals surface area contributed by atoms with E-state index in [1.807, 2.05) is 0 Å². The third kappa shape index (κ3) is 2.99. The lowest BCUT2D eigenvalue weighted by Gasteiger charge is -2.61. The SMILES string of the molecule is C[C@@H]1[C@H]2C[C@H](C[C@H]1OC(=O)c1cccc(OCC(N)=O)c1)C2(C)C. The van der Waals surface area contributed by atoms with Gasteiger partial charge in [0.05, 0.1) is 5.56 Å². The molecule has 0 unspecified atom stereocenters. The fourth-order valence-electron chi connectivity index (χ4n) is 4.33. The topological polar surface area (TPSA) is 78.6 Å². The molecule has 2 N–H and O–H groups in total. The predicted molar refractivity (Wildman–Crippen MR) is 89.5 cm³/mol. The average molecular weight is 331 g/mol. The van der Waals surface area contributed by atoms with Crippen LogP contribution >= 0.6 is 0 Å². The van der Waals surface area contributed by atoms with E-state index in [0.29, 0.717) is 34.5 Å². The van der Waals surface area contributed by atoms with Crippen molar-refractivity contribution in [1.82, 2.24) is 0 Å². The number of nitrogens with two attached hydrogens (primary N) is 1. The molecule has 0 spiro atoms. The van der Waals surface area contributed by atoms with Crippen LogP contribution in [0.3, 0.4) is 0 Å². The van der Waals surface area contributed by atoms with Gasteiger partial charge in [0.15, 0.2) is 6.61 Å². The number of carbonyl (C=O) groups excluding carboxylic acids is 2. The zero-order chi connectivity index (χ0) is 17.5. The smallest absolute Gasteiger partial charge is 0.338 e. The molecule has 3 saturated carbocycles. The predicted octanol–water partition coefficient (Wildman–Crippen LogP) is 2.78. The first kappa shape index (κ1) is 16.8. The molecule has 0 radical (unpaired) electrons. The van der Waals surface area contributed by atoms with Crippen LogP contribution in [0.4, 0.5) is 0 Å². The quantitative estimate of drug-likeness (QED) is 0.842. The normalized spacial score (nSPS) is 30.1. The minimum atomic E-state index is -0.555. The van der Waals surface area contributed by atoms with Gasteiger partial charge in [0.2, 0.25) is 0 Å². The van der Waals surface area contributed by atoms with Crippen molar-refractivity contribution in [3.8, 4) is 5.75 Å². The number of benzene rings is 1. The van der Waals surface area contributed by atoms with Crippen LogP contribution in [-0.4, -0.2) is 24.6 Å². The summed E-state index contributed by atoms with van der Waals surface area (Å²) in [6.07, 6.45) is 2.16. The second kappa shape index (κ2) is 6.11. The standard InChI is InChI=1S/C19H25NO4/c1-11-15-8-13(19(15,2)3)9-16(11)24-18(22)12-5-4-6-14(7-12)23-10-17(20)21/h4-7,11,13,15-16H,8-10H2,1-3H3,(H2,20,21)/t11-,13-,15-,16-/m1/s1. The van der Waals surface area contributed by atoms with Crippen molar-refractivity contribution in [2.45, 2.75) is 39.7 Å². The van der Waals surface area contributed by atoms with Crippen molar-refractivity contribution in [2.24, 2.45) is 28.9 Å². The van der Waals surface area contributed by atoms with E-state index in [-0.39, 0.29) is 18.7 Å². The number of fused-ring (bicyclic) bond motifs is 2. The summed E-state index contributed by atoms with van der Waals surface area (Å²) in [6.45, 7) is 6.61. The first-order valence-electron chi connectivity index (χ1n) is 8.51. The first-order valence-corrected chi connectivity index (χ1v) is 8.51. The number of amides is 1. The van der Waals surface area contributed by atoms with Gasteiger partial charge in [-0.15, -0.1) is 0 Å². The molecule has 0 aliphatic heterocycles. The van der Waals surface area contributed by atoms with E-state index in [1.54, 1.807) is 24.3 Å². The Bertz CT molecular complexity index is 655. The number of ether oxygens (including phenoxy) is 2. The third-order valence-electron chi connectivity index (χ3n) is 5.99. The van der Waals surface area contributed by atoms with Crippen molar-refractivity contribution in [2.75, 3.05) is 6.61 Å². The van der Waals surface area contributed by atoms with E-state index in [0.717, 1.165) is 6.42 Å². The van der Waals surface area contributed by atoms with Gasteiger partial charge >= 0.3 is 5.97 Å². The molecule has 1 aromatic rings. The Balaban J connectivity index is 1.63. The van der Waals surface area contributed by atoms with Gasteiger partial charge in [0.25, 0.3) is 5.91 Å². The highest BCUT2D eigenvalue weighted by molar-refractivity contribution is 5.90. The Kier molecular flexibility index (Phi) is 4.28. The lowest BCUT2D eigenvalue weighted by molar-refractivity contribution is -0.156. The summed E-state index contributed by atoms with van der Waals surface area (Å²) in [5, 5.41) is 0. The van der Waals surface area contributed by atoms with Crippen LogP contribution < -0.4 is 10.5 Å². The Morgan fingerprint density at radius 2 is 2.04 bits per heavy atom. The summed E-state index contributed by atoms with van der Waals surface area (Å²) >= 11 is 0. The first-order chi connectivity index (χ1) is 11.3. The molecule has 3 fully saturated rings. The van der Waals surface area contributed by atoms with Gasteiger partial charge in [-0.2, -0.15) is 0 Å². The molecule has 1 aromatic carbocycles. The maximum Gasteiger partial charge on any atom is 0.338 e. The number of primary amides is 1. The van der Waals surface area contributed by atoms with Crippen LogP contribution in [0, 0.1) is 23.2 Å². The van der Waals surface area contributed by atoms with Gasteiger partial charge in [-0.05, 0) is 54.2 Å². The van der Waals surface area contributed by atoms with Crippen LogP contribution in [0.25, 0.3) is 0 Å². The van der Waals surface area contributed by atoms with Gasteiger partial charge < -0.3 is 15.2 Å². The van der Waals surface area contributed by atoms with Crippen LogP contribution in [0.2, 0.25) is 0 Å². The van der Waals surface area contributed by atoms with Gasteiger partial charge in [0.1, 0.15) is 11.9 Å². The summed E-state index contributed by atoms with van der Waals surface area (Å²) in [4.78, 5) is 23.2. The molecular weight excluding hydrogens is 306 g/mol. The van der Waals surface area contributed by atoms with Crippen molar-refractivity contribution >= 4 is 11.9 Å². The van der Waals surface area contributed by atoms with Crippen LogP contribution in [0.1, 0.15) is 44.0 Å². The van der Waals surface area contributed by atoms with Crippen molar-refractivity contribution < 1.29 is 19.1 Å². The summed E-state index contributed by atoms with van der Waals surface area (Å²) in [7, 11) is 0.